The standard InChI is InChI=1S/C13H19ClN2O/c1-2-16-7-8-17-12(9-16)13(15)10-5-3-4-6-11(10)14/h3-6,12-13H,2,7-9,15H2,1H3. The highest BCUT2D eigenvalue weighted by Crippen LogP contribution is 2.26. The molecule has 1 heterocycles. The molecular formula is C13H19ClN2O. The third-order valence-corrected chi connectivity index (χ3v) is 3.63. The SMILES string of the molecule is CCN1CCOC(C(N)c2ccccc2Cl)C1. The van der Waals surface area contributed by atoms with Crippen molar-refractivity contribution in [1.29, 1.82) is 0 Å². The largest absolute Gasteiger partial charge is 0.374 e. The van der Waals surface area contributed by atoms with E-state index in [0.29, 0.717) is 0 Å². The predicted octanol–water partition coefficient (Wildman–Crippen LogP) is 2.06. The summed E-state index contributed by atoms with van der Waals surface area (Å²) in [6, 6.07) is 7.57. The van der Waals surface area contributed by atoms with Gasteiger partial charge in [-0.1, -0.05) is 36.7 Å². The number of morpholine rings is 1. The molecule has 1 aliphatic rings. The predicted molar refractivity (Wildman–Crippen MR) is 70.2 cm³/mol. The number of likely N-dealkylation sites (N-methyl/N-ethyl adjacent to an activating group) is 1. The van der Waals surface area contributed by atoms with Crippen molar-refractivity contribution < 1.29 is 4.74 Å². The molecule has 3 nitrogen and oxygen atoms in total. The Balaban J connectivity index is 2.09. The van der Waals surface area contributed by atoms with Crippen molar-refractivity contribution in [3.8, 4) is 0 Å². The second-order valence-electron chi connectivity index (χ2n) is 4.35. The first-order valence-electron chi connectivity index (χ1n) is 6.06. The van der Waals surface area contributed by atoms with Crippen LogP contribution in [0, 0.1) is 0 Å². The van der Waals surface area contributed by atoms with Crippen LogP contribution in [0.2, 0.25) is 5.02 Å². The minimum absolute atomic E-state index is 0.0311. The Bertz CT molecular complexity index is 372. The maximum absolute atomic E-state index is 6.25. The van der Waals surface area contributed by atoms with Crippen molar-refractivity contribution in [2.45, 2.75) is 19.1 Å². The van der Waals surface area contributed by atoms with Gasteiger partial charge in [0.05, 0.1) is 18.8 Å². The quantitative estimate of drug-likeness (QED) is 0.898. The number of rotatable bonds is 3. The van der Waals surface area contributed by atoms with E-state index in [-0.39, 0.29) is 12.1 Å². The van der Waals surface area contributed by atoms with E-state index in [4.69, 9.17) is 22.1 Å². The lowest BCUT2D eigenvalue weighted by atomic mass is 10.0. The molecule has 0 saturated carbocycles. The van der Waals surface area contributed by atoms with Gasteiger partial charge in [-0.3, -0.25) is 4.90 Å². The molecule has 2 rings (SSSR count). The number of benzene rings is 1. The van der Waals surface area contributed by atoms with E-state index < -0.39 is 0 Å². The molecule has 2 N–H and O–H groups in total. The van der Waals surface area contributed by atoms with Crippen LogP contribution in [-0.4, -0.2) is 37.2 Å². The molecule has 1 aliphatic heterocycles. The van der Waals surface area contributed by atoms with Gasteiger partial charge < -0.3 is 10.5 Å². The molecule has 94 valence electrons. The number of ether oxygens (including phenoxy) is 1. The fraction of sp³-hybridized carbons (Fsp3) is 0.538. The van der Waals surface area contributed by atoms with Gasteiger partial charge in [0, 0.05) is 18.1 Å². The molecule has 1 aromatic rings. The van der Waals surface area contributed by atoms with Crippen molar-refractivity contribution >= 4 is 11.6 Å². The third-order valence-electron chi connectivity index (χ3n) is 3.29. The molecule has 1 aromatic carbocycles. The second-order valence-corrected chi connectivity index (χ2v) is 4.76. The van der Waals surface area contributed by atoms with Crippen LogP contribution in [0.3, 0.4) is 0 Å². The van der Waals surface area contributed by atoms with E-state index in [9.17, 15) is 0 Å². The van der Waals surface area contributed by atoms with Crippen molar-refractivity contribution in [1.82, 2.24) is 4.90 Å². The van der Waals surface area contributed by atoms with Gasteiger partial charge in [0.15, 0.2) is 0 Å². The first-order valence-corrected chi connectivity index (χ1v) is 6.44. The average molecular weight is 255 g/mol. The van der Waals surface area contributed by atoms with Crippen LogP contribution in [-0.2, 0) is 4.74 Å². The summed E-state index contributed by atoms with van der Waals surface area (Å²) in [4.78, 5) is 2.35. The number of nitrogens with two attached hydrogens (primary N) is 1. The van der Waals surface area contributed by atoms with Crippen molar-refractivity contribution in [2.75, 3.05) is 26.2 Å². The van der Waals surface area contributed by atoms with Gasteiger partial charge in [-0.2, -0.15) is 0 Å². The van der Waals surface area contributed by atoms with Gasteiger partial charge in [0.1, 0.15) is 0 Å². The maximum Gasteiger partial charge on any atom is 0.0895 e. The van der Waals surface area contributed by atoms with Crippen molar-refractivity contribution in [2.24, 2.45) is 5.73 Å². The summed E-state index contributed by atoms with van der Waals surface area (Å²) in [5, 5.41) is 0.720. The summed E-state index contributed by atoms with van der Waals surface area (Å²) in [6.07, 6.45) is 0.0311. The fourth-order valence-corrected chi connectivity index (χ4v) is 2.44. The van der Waals surface area contributed by atoms with Gasteiger partial charge in [0.2, 0.25) is 0 Å². The van der Waals surface area contributed by atoms with Crippen LogP contribution in [0.25, 0.3) is 0 Å². The first-order chi connectivity index (χ1) is 8.22. The van der Waals surface area contributed by atoms with Gasteiger partial charge in [-0.25, -0.2) is 0 Å². The van der Waals surface area contributed by atoms with Crippen LogP contribution in [0.4, 0.5) is 0 Å². The van der Waals surface area contributed by atoms with E-state index >= 15 is 0 Å². The van der Waals surface area contributed by atoms with Crippen LogP contribution < -0.4 is 5.73 Å². The normalized spacial score (nSPS) is 23.6. The van der Waals surface area contributed by atoms with Gasteiger partial charge in [-0.05, 0) is 18.2 Å². The number of nitrogens with zero attached hydrogens (tertiary/aromatic N) is 1. The summed E-state index contributed by atoms with van der Waals surface area (Å²) < 4.78 is 5.76. The zero-order valence-corrected chi connectivity index (χ0v) is 10.9. The molecule has 2 atom stereocenters. The van der Waals surface area contributed by atoms with Crippen molar-refractivity contribution in [3.05, 3.63) is 34.9 Å². The van der Waals surface area contributed by atoms with Crippen LogP contribution in [0.5, 0.6) is 0 Å². The zero-order chi connectivity index (χ0) is 12.3. The summed E-state index contributed by atoms with van der Waals surface area (Å²) in [7, 11) is 0. The Morgan fingerprint density at radius 1 is 1.53 bits per heavy atom. The highest BCUT2D eigenvalue weighted by atomic mass is 35.5. The molecule has 4 heteroatoms. The van der Waals surface area contributed by atoms with Gasteiger partial charge >= 0.3 is 0 Å². The summed E-state index contributed by atoms with van der Waals surface area (Å²) in [5.74, 6) is 0. The molecule has 0 amide bonds. The van der Waals surface area contributed by atoms with Crippen LogP contribution in [0.1, 0.15) is 18.5 Å². The Hall–Kier alpha value is -0.610. The first kappa shape index (κ1) is 12.8. The molecule has 17 heavy (non-hydrogen) atoms. The van der Waals surface area contributed by atoms with E-state index in [0.717, 1.165) is 36.8 Å². The Kier molecular flexibility index (Phi) is 4.40. The zero-order valence-electron chi connectivity index (χ0n) is 10.1. The molecule has 1 saturated heterocycles. The Morgan fingerprint density at radius 2 is 2.29 bits per heavy atom. The summed E-state index contributed by atoms with van der Waals surface area (Å²) in [5.41, 5.74) is 7.22. The highest BCUT2D eigenvalue weighted by Gasteiger charge is 2.27. The topological polar surface area (TPSA) is 38.5 Å². The summed E-state index contributed by atoms with van der Waals surface area (Å²) in [6.45, 7) is 5.81. The van der Waals surface area contributed by atoms with E-state index in [2.05, 4.69) is 11.8 Å². The molecule has 1 fully saturated rings. The van der Waals surface area contributed by atoms with Gasteiger partial charge in [-0.15, -0.1) is 0 Å². The van der Waals surface area contributed by atoms with Crippen LogP contribution in [0.15, 0.2) is 24.3 Å². The third kappa shape index (κ3) is 2.99. The summed E-state index contributed by atoms with van der Waals surface area (Å²) >= 11 is 6.16. The molecule has 0 spiro atoms. The molecule has 0 aliphatic carbocycles. The molecule has 0 aromatic heterocycles. The van der Waals surface area contributed by atoms with Gasteiger partial charge in [0.25, 0.3) is 0 Å². The monoisotopic (exact) mass is 254 g/mol. The maximum atomic E-state index is 6.25. The molecule has 2 unspecified atom stereocenters. The minimum atomic E-state index is -0.155. The second kappa shape index (κ2) is 5.83. The Labute approximate surface area is 107 Å². The minimum Gasteiger partial charge on any atom is -0.374 e. The molecule has 0 bridgehead atoms. The lowest BCUT2D eigenvalue weighted by Crippen LogP contribution is -2.46. The van der Waals surface area contributed by atoms with E-state index in [1.54, 1.807) is 0 Å². The lowest BCUT2D eigenvalue weighted by molar-refractivity contribution is -0.0392. The smallest absolute Gasteiger partial charge is 0.0895 e. The fourth-order valence-electron chi connectivity index (χ4n) is 2.18. The molecule has 0 radical (unpaired) electrons. The number of halogens is 1. The van der Waals surface area contributed by atoms with Crippen LogP contribution >= 0.6 is 11.6 Å². The number of hydrogen-bond acceptors (Lipinski definition) is 3. The number of hydrogen-bond donors (Lipinski definition) is 1. The van der Waals surface area contributed by atoms with Crippen molar-refractivity contribution in [3.63, 3.8) is 0 Å². The molecular weight excluding hydrogens is 236 g/mol. The Morgan fingerprint density at radius 3 is 3.00 bits per heavy atom. The average Bonchev–Trinajstić information content (AvgIpc) is 2.38. The highest BCUT2D eigenvalue weighted by molar-refractivity contribution is 6.31. The lowest BCUT2D eigenvalue weighted by Gasteiger charge is -2.35. The van der Waals surface area contributed by atoms with E-state index in [1.807, 2.05) is 24.3 Å². The van der Waals surface area contributed by atoms with E-state index in [1.165, 1.54) is 0 Å².